The Morgan fingerprint density at radius 1 is 1.09 bits per heavy atom. The van der Waals surface area contributed by atoms with Gasteiger partial charge in [0.2, 0.25) is 17.8 Å². The summed E-state index contributed by atoms with van der Waals surface area (Å²) in [4.78, 5) is 32.7. The third kappa shape index (κ3) is 6.10. The van der Waals surface area contributed by atoms with Crippen LogP contribution in [0.2, 0.25) is 0 Å². The molecule has 0 atom stereocenters. The summed E-state index contributed by atoms with van der Waals surface area (Å²) in [6.45, 7) is 4.71. The molecule has 1 aromatic heterocycles. The highest BCUT2D eigenvalue weighted by molar-refractivity contribution is 5.94. The van der Waals surface area contributed by atoms with Crippen LogP contribution in [0.1, 0.15) is 39.5 Å². The third-order valence-electron chi connectivity index (χ3n) is 6.31. The second kappa shape index (κ2) is 11.2. The summed E-state index contributed by atoms with van der Waals surface area (Å²) in [6, 6.07) is 17.4. The second-order valence-electron chi connectivity index (χ2n) is 9.53. The lowest BCUT2D eigenvalue weighted by atomic mass is 10.1. The number of nitrogens with one attached hydrogen (secondary N) is 1. The summed E-state index contributed by atoms with van der Waals surface area (Å²) in [5.74, 6) is 1.31. The zero-order chi connectivity index (χ0) is 24.8. The van der Waals surface area contributed by atoms with E-state index in [1.807, 2.05) is 65.4 Å². The number of anilines is 1. The van der Waals surface area contributed by atoms with Gasteiger partial charge in [-0.1, -0.05) is 57.0 Å². The molecule has 1 heterocycles. The van der Waals surface area contributed by atoms with Gasteiger partial charge in [0.25, 0.3) is 0 Å². The molecule has 184 valence electrons. The minimum atomic E-state index is -0.253. The molecule has 0 saturated heterocycles. The van der Waals surface area contributed by atoms with E-state index < -0.39 is 0 Å². The fraction of sp³-hybridized carbons (Fsp3) is 0.393. The molecule has 35 heavy (non-hydrogen) atoms. The van der Waals surface area contributed by atoms with Crippen LogP contribution in [0.3, 0.4) is 0 Å². The predicted molar refractivity (Wildman–Crippen MR) is 138 cm³/mol. The maximum absolute atomic E-state index is 13.2. The highest BCUT2D eigenvalue weighted by atomic mass is 16.5. The van der Waals surface area contributed by atoms with Gasteiger partial charge in [-0.2, -0.15) is 0 Å². The molecule has 1 fully saturated rings. The van der Waals surface area contributed by atoms with Gasteiger partial charge < -0.3 is 9.64 Å². The Morgan fingerprint density at radius 3 is 2.40 bits per heavy atom. The zero-order valence-electron chi connectivity index (χ0n) is 20.7. The van der Waals surface area contributed by atoms with E-state index in [1.165, 1.54) is 0 Å². The molecule has 0 unspecified atom stereocenters. The largest absolute Gasteiger partial charge is 0.497 e. The topological polar surface area (TPSA) is 76.5 Å². The predicted octanol–water partition coefficient (Wildman–Crippen LogP) is 5.16. The van der Waals surface area contributed by atoms with Gasteiger partial charge in [-0.15, -0.1) is 0 Å². The Morgan fingerprint density at radius 2 is 1.77 bits per heavy atom. The average Bonchev–Trinajstić information content (AvgIpc) is 3.54. The number of carbonyl (C=O) groups is 2. The van der Waals surface area contributed by atoms with Crippen LogP contribution in [0, 0.1) is 11.8 Å². The molecule has 2 aromatic carbocycles. The molecule has 0 radical (unpaired) electrons. The third-order valence-corrected chi connectivity index (χ3v) is 6.31. The van der Waals surface area contributed by atoms with Crippen molar-refractivity contribution in [1.29, 1.82) is 0 Å². The number of imidazole rings is 1. The summed E-state index contributed by atoms with van der Waals surface area (Å²) in [5, 5.41) is 2.96. The van der Waals surface area contributed by atoms with Crippen molar-refractivity contribution in [2.24, 2.45) is 11.8 Å². The number of amides is 2. The van der Waals surface area contributed by atoms with Crippen LogP contribution in [0.5, 0.6) is 5.75 Å². The van der Waals surface area contributed by atoms with Crippen molar-refractivity contribution in [3.8, 4) is 22.7 Å². The molecule has 0 aliphatic heterocycles. The fourth-order valence-corrected chi connectivity index (χ4v) is 4.60. The van der Waals surface area contributed by atoms with Crippen molar-refractivity contribution in [2.75, 3.05) is 25.5 Å². The van der Waals surface area contributed by atoms with E-state index in [0.717, 1.165) is 48.4 Å². The van der Waals surface area contributed by atoms with Gasteiger partial charge >= 0.3 is 0 Å². The first-order chi connectivity index (χ1) is 16.9. The molecule has 1 N–H and O–H groups in total. The lowest BCUT2D eigenvalue weighted by Crippen LogP contribution is -2.43. The number of carbonyl (C=O) groups excluding carboxylic acids is 2. The SMILES string of the molecule is COc1ccc(-n2cc(-c3ccccc3)nc2NC(=O)CN(CC(C)C)C(=O)C2CCCC2)cc1. The van der Waals surface area contributed by atoms with Crippen LogP contribution in [0.4, 0.5) is 5.95 Å². The maximum Gasteiger partial charge on any atom is 0.246 e. The smallest absolute Gasteiger partial charge is 0.246 e. The minimum absolute atomic E-state index is 0.0175. The van der Waals surface area contributed by atoms with Crippen LogP contribution >= 0.6 is 0 Å². The summed E-state index contributed by atoms with van der Waals surface area (Å²) >= 11 is 0. The fourth-order valence-electron chi connectivity index (χ4n) is 4.60. The van der Waals surface area contributed by atoms with Crippen LogP contribution in [-0.4, -0.2) is 46.5 Å². The Kier molecular flexibility index (Phi) is 7.85. The molecule has 0 bridgehead atoms. The number of nitrogens with zero attached hydrogens (tertiary/aromatic N) is 3. The van der Waals surface area contributed by atoms with Crippen LogP contribution in [0.25, 0.3) is 16.9 Å². The summed E-state index contributed by atoms with van der Waals surface area (Å²) in [5.41, 5.74) is 2.54. The van der Waals surface area contributed by atoms with Crippen LogP contribution in [0.15, 0.2) is 60.8 Å². The highest BCUT2D eigenvalue weighted by Gasteiger charge is 2.29. The van der Waals surface area contributed by atoms with Crippen LogP contribution < -0.4 is 10.1 Å². The van der Waals surface area contributed by atoms with Crippen molar-refractivity contribution in [2.45, 2.75) is 39.5 Å². The van der Waals surface area contributed by atoms with Gasteiger partial charge in [0, 0.05) is 29.9 Å². The Balaban J connectivity index is 1.58. The molecular formula is C28H34N4O3. The quantitative estimate of drug-likeness (QED) is 0.465. The average molecular weight is 475 g/mol. The molecular weight excluding hydrogens is 440 g/mol. The summed E-state index contributed by atoms with van der Waals surface area (Å²) in [7, 11) is 1.63. The van der Waals surface area contributed by atoms with Crippen molar-refractivity contribution >= 4 is 17.8 Å². The number of hydrogen-bond donors (Lipinski definition) is 1. The van der Waals surface area contributed by atoms with Gasteiger partial charge in [0.1, 0.15) is 5.75 Å². The van der Waals surface area contributed by atoms with E-state index in [1.54, 1.807) is 12.0 Å². The number of aromatic nitrogens is 2. The minimum Gasteiger partial charge on any atom is -0.497 e. The van der Waals surface area contributed by atoms with E-state index >= 15 is 0 Å². The lowest BCUT2D eigenvalue weighted by Gasteiger charge is -2.26. The van der Waals surface area contributed by atoms with E-state index in [4.69, 9.17) is 9.72 Å². The Labute approximate surface area is 207 Å². The first-order valence-electron chi connectivity index (χ1n) is 12.3. The first-order valence-corrected chi connectivity index (χ1v) is 12.3. The molecule has 2 amide bonds. The maximum atomic E-state index is 13.2. The molecule has 1 saturated carbocycles. The standard InChI is InChI=1S/C28H34N4O3/c1-20(2)17-31(27(34)22-11-7-8-12-22)19-26(33)30-28-29-25(21-9-5-4-6-10-21)18-32(28)23-13-15-24(35-3)16-14-23/h4-6,9-10,13-16,18,20,22H,7-8,11-12,17,19H2,1-3H3,(H,29,30,33). The Bertz CT molecular complexity index is 1130. The second-order valence-corrected chi connectivity index (χ2v) is 9.53. The Hall–Kier alpha value is -3.61. The number of ether oxygens (including phenoxy) is 1. The normalized spacial score (nSPS) is 13.7. The number of rotatable bonds is 9. The monoisotopic (exact) mass is 474 g/mol. The molecule has 1 aliphatic carbocycles. The van der Waals surface area contributed by atoms with E-state index in [9.17, 15) is 9.59 Å². The summed E-state index contributed by atoms with van der Waals surface area (Å²) in [6.07, 6.45) is 5.90. The molecule has 7 nitrogen and oxygen atoms in total. The van der Waals surface area contributed by atoms with Gasteiger partial charge in [-0.3, -0.25) is 19.5 Å². The molecule has 0 spiro atoms. The zero-order valence-corrected chi connectivity index (χ0v) is 20.7. The highest BCUT2D eigenvalue weighted by Crippen LogP contribution is 2.28. The van der Waals surface area contributed by atoms with Crippen molar-refractivity contribution in [1.82, 2.24) is 14.5 Å². The molecule has 7 heteroatoms. The van der Waals surface area contributed by atoms with E-state index in [-0.39, 0.29) is 30.2 Å². The first kappa shape index (κ1) is 24.5. The van der Waals surface area contributed by atoms with Gasteiger partial charge in [0.15, 0.2) is 0 Å². The molecule has 4 rings (SSSR count). The number of benzene rings is 2. The number of hydrogen-bond acceptors (Lipinski definition) is 4. The van der Waals surface area contributed by atoms with Gasteiger partial charge in [0.05, 0.1) is 19.3 Å². The molecule has 3 aromatic rings. The van der Waals surface area contributed by atoms with E-state index in [0.29, 0.717) is 12.5 Å². The summed E-state index contributed by atoms with van der Waals surface area (Å²) < 4.78 is 7.13. The van der Waals surface area contributed by atoms with Crippen molar-refractivity contribution < 1.29 is 14.3 Å². The van der Waals surface area contributed by atoms with Gasteiger partial charge in [-0.05, 0) is 43.0 Å². The van der Waals surface area contributed by atoms with Crippen LogP contribution in [-0.2, 0) is 9.59 Å². The lowest BCUT2D eigenvalue weighted by molar-refractivity contribution is -0.138. The van der Waals surface area contributed by atoms with Crippen molar-refractivity contribution in [3.05, 3.63) is 60.8 Å². The van der Waals surface area contributed by atoms with E-state index in [2.05, 4.69) is 19.2 Å². The van der Waals surface area contributed by atoms with Crippen molar-refractivity contribution in [3.63, 3.8) is 0 Å². The number of methoxy groups -OCH3 is 1. The molecule has 1 aliphatic rings. The van der Waals surface area contributed by atoms with Gasteiger partial charge in [-0.25, -0.2) is 4.98 Å².